The van der Waals surface area contributed by atoms with Gasteiger partial charge in [0.1, 0.15) is 25.4 Å². The first-order valence-electron chi connectivity index (χ1n) is 27.4. The van der Waals surface area contributed by atoms with Gasteiger partial charge in [0.15, 0.2) is 0 Å². The van der Waals surface area contributed by atoms with E-state index in [1.54, 1.807) is 0 Å². The summed E-state index contributed by atoms with van der Waals surface area (Å²) in [5, 5.41) is 18.2. The Morgan fingerprint density at radius 2 is 0.800 bits per heavy atom. The summed E-state index contributed by atoms with van der Waals surface area (Å²) in [5.41, 5.74) is 0. The molecule has 1 heterocycles. The molecule has 1 saturated heterocycles. The number of carbonyl (C=O) groups is 2. The van der Waals surface area contributed by atoms with E-state index in [1.165, 1.54) is 181 Å². The highest BCUT2D eigenvalue weighted by Crippen LogP contribution is 2.17. The van der Waals surface area contributed by atoms with Crippen molar-refractivity contribution in [2.45, 2.75) is 270 Å². The number of carbonyl (C=O) groups excluding carboxylic acids is 2. The normalized spacial score (nSPS) is 14.7. The molecular weight excluding hydrogens is 825 g/mol. The highest BCUT2D eigenvalue weighted by Gasteiger charge is 2.21. The number of aliphatic hydroxyl groups is 2. The van der Waals surface area contributed by atoms with Gasteiger partial charge in [-0.25, -0.2) is 0 Å². The molecule has 1 aliphatic heterocycles. The summed E-state index contributed by atoms with van der Waals surface area (Å²) >= 11 is 0. The number of hydrogen-bond donors (Lipinski definition) is 2. The zero-order valence-corrected chi connectivity index (χ0v) is 43.0. The van der Waals surface area contributed by atoms with E-state index in [1.807, 2.05) is 0 Å². The second-order valence-corrected chi connectivity index (χ2v) is 18.7. The molecule has 11 nitrogen and oxygen atoms in total. The Hall–Kier alpha value is -1.34. The minimum Gasteiger partial charge on any atom is -0.463 e. The first-order valence-corrected chi connectivity index (χ1v) is 27.4. The highest BCUT2D eigenvalue weighted by atomic mass is 16.6. The standard InChI is InChI=1S/C27H54O6.C27H52O5/c1-3-4-5-6-7-8-9-10-11-12-13-14-15-17-20-31-23-27(24-33-25(2)29)32-21-18-16-19-26(30)22-28;1-3-4-5-6-7-8-9-10-11-12-13-14-15-17-20-29-22-27(24-31-25(2)28)30-21-18-16-19-26-23-32-26/h26-28,30H,3-24H2,1-2H3;26-27H,3-24H2,1-2H3. The molecule has 1 fully saturated rings. The van der Waals surface area contributed by atoms with Gasteiger partial charge in [-0.2, -0.15) is 0 Å². The Bertz CT molecular complexity index is 965. The van der Waals surface area contributed by atoms with Gasteiger partial charge >= 0.3 is 11.9 Å². The smallest absolute Gasteiger partial charge is 0.302 e. The van der Waals surface area contributed by atoms with E-state index in [4.69, 9.17) is 38.3 Å². The predicted octanol–water partition coefficient (Wildman–Crippen LogP) is 13.0. The van der Waals surface area contributed by atoms with Crippen LogP contribution < -0.4 is 0 Å². The largest absolute Gasteiger partial charge is 0.463 e. The summed E-state index contributed by atoms with van der Waals surface area (Å²) in [6, 6.07) is 0. The number of ether oxygens (including phenoxy) is 7. The SMILES string of the molecule is CCCCCCCCCCCCCCCCOCC(COC(C)=O)OCCCCC(O)CO.CCCCCCCCCCCCCCCCOCC(COC(C)=O)OCCCCC1CO1. The van der Waals surface area contributed by atoms with E-state index < -0.39 is 6.10 Å². The van der Waals surface area contributed by atoms with Crippen molar-refractivity contribution in [3.8, 4) is 0 Å². The third-order valence-corrected chi connectivity index (χ3v) is 12.0. The van der Waals surface area contributed by atoms with Crippen LogP contribution in [0.2, 0.25) is 0 Å². The molecular formula is C54H106O11. The number of unbranched alkanes of at least 4 members (excludes halogenated alkanes) is 28. The molecule has 0 aromatic rings. The highest BCUT2D eigenvalue weighted by molar-refractivity contribution is 5.66. The molecule has 0 aromatic carbocycles. The molecule has 4 unspecified atom stereocenters. The van der Waals surface area contributed by atoms with Crippen LogP contribution in [0.3, 0.4) is 0 Å². The summed E-state index contributed by atoms with van der Waals surface area (Å²) in [4.78, 5) is 22.2. The Morgan fingerprint density at radius 3 is 1.12 bits per heavy atom. The quantitative estimate of drug-likeness (QED) is 0.0342. The molecule has 1 rings (SSSR count). The molecule has 0 aliphatic carbocycles. The van der Waals surface area contributed by atoms with E-state index in [9.17, 15) is 14.7 Å². The topological polar surface area (TPSA) is 143 Å². The van der Waals surface area contributed by atoms with Crippen LogP contribution in [0.4, 0.5) is 0 Å². The Balaban J connectivity index is 0.00000126. The first-order chi connectivity index (χ1) is 31.8. The van der Waals surface area contributed by atoms with Crippen LogP contribution in [-0.4, -0.2) is 113 Å². The molecule has 1 aliphatic rings. The van der Waals surface area contributed by atoms with Gasteiger partial charge in [0, 0.05) is 40.3 Å². The second kappa shape index (κ2) is 52.0. The lowest BCUT2D eigenvalue weighted by Gasteiger charge is -2.18. The fourth-order valence-corrected chi connectivity index (χ4v) is 7.72. The molecule has 0 radical (unpaired) electrons. The maximum atomic E-state index is 11.1. The number of hydrogen-bond acceptors (Lipinski definition) is 11. The minimum atomic E-state index is -0.657. The van der Waals surface area contributed by atoms with Crippen LogP contribution >= 0.6 is 0 Å². The molecule has 388 valence electrons. The fraction of sp³-hybridized carbons (Fsp3) is 0.963. The number of esters is 2. The van der Waals surface area contributed by atoms with Gasteiger partial charge in [0.25, 0.3) is 0 Å². The summed E-state index contributed by atoms with van der Waals surface area (Å²) in [6.45, 7) is 12.2. The lowest BCUT2D eigenvalue weighted by atomic mass is 10.0. The van der Waals surface area contributed by atoms with Crippen LogP contribution in [0.1, 0.15) is 246 Å². The minimum absolute atomic E-state index is 0.164. The van der Waals surface area contributed by atoms with E-state index in [2.05, 4.69) is 13.8 Å². The maximum Gasteiger partial charge on any atom is 0.302 e. The predicted molar refractivity (Wildman–Crippen MR) is 266 cm³/mol. The van der Waals surface area contributed by atoms with Crippen molar-refractivity contribution >= 4 is 11.9 Å². The average Bonchev–Trinajstić information content (AvgIpc) is 4.13. The van der Waals surface area contributed by atoms with Gasteiger partial charge in [0.05, 0.1) is 38.6 Å². The van der Waals surface area contributed by atoms with Crippen molar-refractivity contribution in [3.63, 3.8) is 0 Å². The van der Waals surface area contributed by atoms with Crippen LogP contribution in [-0.2, 0) is 42.7 Å². The molecule has 0 spiro atoms. The van der Waals surface area contributed by atoms with Gasteiger partial charge in [-0.1, -0.05) is 181 Å². The number of epoxide rings is 1. The lowest BCUT2D eigenvalue weighted by molar-refractivity contribution is -0.148. The zero-order valence-electron chi connectivity index (χ0n) is 43.0. The Kier molecular flexibility index (Phi) is 51.0. The van der Waals surface area contributed by atoms with E-state index >= 15 is 0 Å². The molecule has 0 saturated carbocycles. The van der Waals surface area contributed by atoms with Crippen molar-refractivity contribution in [1.29, 1.82) is 0 Å². The Labute approximate surface area is 400 Å². The molecule has 11 heteroatoms. The second-order valence-electron chi connectivity index (χ2n) is 18.7. The Morgan fingerprint density at radius 1 is 0.477 bits per heavy atom. The molecule has 4 atom stereocenters. The molecule has 0 amide bonds. The first kappa shape index (κ1) is 63.7. The number of aliphatic hydroxyl groups excluding tert-OH is 2. The number of rotatable bonds is 51. The van der Waals surface area contributed by atoms with E-state index in [0.29, 0.717) is 45.6 Å². The zero-order chi connectivity index (χ0) is 47.5. The van der Waals surface area contributed by atoms with Crippen molar-refractivity contribution in [1.82, 2.24) is 0 Å². The molecule has 65 heavy (non-hydrogen) atoms. The van der Waals surface area contributed by atoms with Gasteiger partial charge in [-0.05, 0) is 51.4 Å². The third kappa shape index (κ3) is 53.5. The van der Waals surface area contributed by atoms with E-state index in [0.717, 1.165) is 58.2 Å². The molecule has 2 N–H and O–H groups in total. The third-order valence-electron chi connectivity index (χ3n) is 12.0. The summed E-state index contributed by atoms with van der Waals surface area (Å²) in [7, 11) is 0. The van der Waals surface area contributed by atoms with Gasteiger partial charge in [-0.3, -0.25) is 9.59 Å². The van der Waals surface area contributed by atoms with Crippen LogP contribution in [0.25, 0.3) is 0 Å². The summed E-state index contributed by atoms with van der Waals surface area (Å²) in [6.07, 6.45) is 42.6. The summed E-state index contributed by atoms with van der Waals surface area (Å²) < 4.78 is 38.7. The fourth-order valence-electron chi connectivity index (χ4n) is 7.72. The van der Waals surface area contributed by atoms with Crippen molar-refractivity contribution in [3.05, 3.63) is 0 Å². The van der Waals surface area contributed by atoms with Crippen molar-refractivity contribution < 1.29 is 53.0 Å². The van der Waals surface area contributed by atoms with E-state index in [-0.39, 0.29) is 44.0 Å². The van der Waals surface area contributed by atoms with Crippen LogP contribution in [0.15, 0.2) is 0 Å². The lowest BCUT2D eigenvalue weighted by Crippen LogP contribution is -2.27. The maximum absolute atomic E-state index is 11.1. The monoisotopic (exact) mass is 931 g/mol. The van der Waals surface area contributed by atoms with Gasteiger partial charge in [0.2, 0.25) is 0 Å². The van der Waals surface area contributed by atoms with Crippen LogP contribution in [0.5, 0.6) is 0 Å². The van der Waals surface area contributed by atoms with Crippen LogP contribution in [0, 0.1) is 0 Å². The molecule has 0 bridgehead atoms. The summed E-state index contributed by atoms with van der Waals surface area (Å²) in [5.74, 6) is -0.585. The van der Waals surface area contributed by atoms with Crippen molar-refractivity contribution in [2.24, 2.45) is 0 Å². The average molecular weight is 931 g/mol. The van der Waals surface area contributed by atoms with Gasteiger partial charge in [-0.15, -0.1) is 0 Å². The molecule has 0 aromatic heterocycles. The van der Waals surface area contributed by atoms with Gasteiger partial charge < -0.3 is 43.4 Å². The van der Waals surface area contributed by atoms with Crippen molar-refractivity contribution in [2.75, 3.05) is 66.1 Å².